The Labute approximate surface area is 214 Å². The molecule has 37 heavy (non-hydrogen) atoms. The molecule has 1 saturated carbocycles. The third-order valence-electron chi connectivity index (χ3n) is 8.19. The lowest BCUT2D eigenvalue weighted by molar-refractivity contribution is -0.0577. The van der Waals surface area contributed by atoms with E-state index in [1.54, 1.807) is 0 Å². The number of hydrogen-bond acceptors (Lipinski definition) is 7. The molecule has 1 aromatic carbocycles. The largest absolute Gasteiger partial charge is 0.443 e. The molecule has 3 aliphatic rings. The number of carbonyl (C=O) groups excluding carboxylic acids is 1. The number of carbonyl (C=O) groups is 1. The first-order valence-corrected chi connectivity index (χ1v) is 14.6. The van der Waals surface area contributed by atoms with Gasteiger partial charge in [0.15, 0.2) is 9.84 Å². The number of rotatable bonds is 5. The number of fused-ring (bicyclic) bond motifs is 3. The summed E-state index contributed by atoms with van der Waals surface area (Å²) in [5.41, 5.74) is 0.549. The van der Waals surface area contributed by atoms with Crippen LogP contribution in [0, 0.1) is 5.82 Å². The fraction of sp³-hybridized carbons (Fsp3) is 0.500. The maximum atomic E-state index is 14.7. The Morgan fingerprint density at radius 3 is 2.49 bits per heavy atom. The molecule has 196 valence electrons. The summed E-state index contributed by atoms with van der Waals surface area (Å²) in [5, 5.41) is 3.73. The average Bonchev–Trinajstić information content (AvgIpc) is 3.38. The molecule has 1 aliphatic carbocycles. The quantitative estimate of drug-likeness (QED) is 0.500. The zero-order chi connectivity index (χ0) is 25.9. The molecule has 11 heteroatoms. The van der Waals surface area contributed by atoms with E-state index in [0.717, 1.165) is 68.3 Å². The van der Waals surface area contributed by atoms with Crippen molar-refractivity contribution in [1.29, 1.82) is 0 Å². The summed E-state index contributed by atoms with van der Waals surface area (Å²) >= 11 is 0. The lowest BCUT2D eigenvalue weighted by atomic mass is 9.82. The van der Waals surface area contributed by atoms with E-state index in [1.165, 1.54) is 18.5 Å². The van der Waals surface area contributed by atoms with Crippen LogP contribution in [0.1, 0.15) is 57.9 Å². The van der Waals surface area contributed by atoms with Crippen molar-refractivity contribution in [2.75, 3.05) is 11.6 Å². The van der Waals surface area contributed by atoms with Crippen molar-refractivity contribution in [3.05, 3.63) is 42.6 Å². The van der Waals surface area contributed by atoms with E-state index < -0.39 is 15.7 Å². The minimum atomic E-state index is -3.51. The first-order valence-electron chi connectivity index (χ1n) is 12.7. The Balaban J connectivity index is 1.22. The highest BCUT2D eigenvalue weighted by atomic mass is 32.2. The zero-order valence-electron chi connectivity index (χ0n) is 20.9. The van der Waals surface area contributed by atoms with Crippen molar-refractivity contribution in [1.82, 2.24) is 19.4 Å². The summed E-state index contributed by atoms with van der Waals surface area (Å²) in [6, 6.07) is 6.12. The first kappa shape index (κ1) is 24.1. The molecule has 0 spiro atoms. The number of hydrogen-bond donors (Lipinski definition) is 1. The van der Waals surface area contributed by atoms with Crippen LogP contribution in [-0.4, -0.2) is 57.9 Å². The Hall–Kier alpha value is -3.21. The van der Waals surface area contributed by atoms with Crippen LogP contribution in [-0.2, 0) is 14.6 Å². The van der Waals surface area contributed by atoms with Crippen LogP contribution in [0.25, 0.3) is 11.0 Å². The van der Waals surface area contributed by atoms with Gasteiger partial charge in [-0.25, -0.2) is 27.6 Å². The van der Waals surface area contributed by atoms with Crippen LogP contribution >= 0.6 is 0 Å². The molecule has 1 N–H and O–H groups in total. The molecule has 3 atom stereocenters. The molecule has 0 radical (unpaired) electrons. The van der Waals surface area contributed by atoms with Crippen molar-refractivity contribution >= 4 is 38.5 Å². The van der Waals surface area contributed by atoms with Gasteiger partial charge < -0.3 is 19.5 Å². The number of ether oxygens (including phenoxy) is 1. The number of piperidine rings is 1. The van der Waals surface area contributed by atoms with Crippen molar-refractivity contribution in [2.24, 2.45) is 0 Å². The second kappa shape index (κ2) is 8.68. The van der Waals surface area contributed by atoms with Crippen molar-refractivity contribution in [3.8, 4) is 0 Å². The van der Waals surface area contributed by atoms with E-state index in [1.807, 2.05) is 24.1 Å². The van der Waals surface area contributed by atoms with Crippen LogP contribution in [0.4, 0.5) is 20.7 Å². The average molecular weight is 528 g/mol. The second-order valence-electron chi connectivity index (χ2n) is 10.8. The van der Waals surface area contributed by atoms with Gasteiger partial charge in [-0.05, 0) is 76.1 Å². The van der Waals surface area contributed by atoms with Crippen LogP contribution < -0.4 is 5.32 Å². The van der Waals surface area contributed by atoms with E-state index in [-0.39, 0.29) is 40.4 Å². The number of amides is 1. The van der Waals surface area contributed by atoms with Crippen molar-refractivity contribution in [2.45, 2.75) is 80.5 Å². The number of sulfone groups is 1. The molecular formula is C26H30FN5O4S. The molecule has 2 aromatic heterocycles. The molecule has 9 nitrogen and oxygen atoms in total. The molecule has 2 saturated heterocycles. The summed E-state index contributed by atoms with van der Waals surface area (Å²) in [6.07, 6.45) is 10.8. The fourth-order valence-corrected chi connectivity index (χ4v) is 6.67. The van der Waals surface area contributed by atoms with Crippen LogP contribution in [0.2, 0.25) is 0 Å². The minimum Gasteiger partial charge on any atom is -0.443 e. The van der Waals surface area contributed by atoms with Gasteiger partial charge in [0.2, 0.25) is 0 Å². The van der Waals surface area contributed by atoms with Gasteiger partial charge >= 0.3 is 6.09 Å². The molecular weight excluding hydrogens is 497 g/mol. The van der Waals surface area contributed by atoms with Crippen LogP contribution in [0.15, 0.2) is 41.7 Å². The monoisotopic (exact) mass is 527 g/mol. The van der Waals surface area contributed by atoms with Gasteiger partial charge in [0, 0.05) is 30.6 Å². The molecule has 3 fully saturated rings. The second-order valence-corrected chi connectivity index (χ2v) is 12.8. The summed E-state index contributed by atoms with van der Waals surface area (Å²) in [6.45, 7) is 2.02. The maximum absolute atomic E-state index is 14.7. The summed E-state index contributed by atoms with van der Waals surface area (Å²) < 4.78 is 46.1. The highest BCUT2D eigenvalue weighted by molar-refractivity contribution is 7.90. The van der Waals surface area contributed by atoms with Gasteiger partial charge in [0.05, 0.1) is 16.0 Å². The summed E-state index contributed by atoms with van der Waals surface area (Å²) in [5.74, 6) is -0.242. The number of nitrogens with zero attached hydrogens (tertiary/aromatic N) is 4. The predicted molar refractivity (Wildman–Crippen MR) is 136 cm³/mol. The Kier molecular flexibility index (Phi) is 5.66. The summed E-state index contributed by atoms with van der Waals surface area (Å²) in [4.78, 5) is 23.7. The fourth-order valence-electron chi connectivity index (χ4n) is 6.03. The normalized spacial score (nSPS) is 24.6. The zero-order valence-corrected chi connectivity index (χ0v) is 21.7. The Bertz CT molecular complexity index is 1470. The van der Waals surface area contributed by atoms with E-state index in [0.29, 0.717) is 5.82 Å². The van der Waals surface area contributed by atoms with Gasteiger partial charge in [-0.15, -0.1) is 0 Å². The lowest BCUT2D eigenvalue weighted by Gasteiger charge is -2.43. The third-order valence-corrected chi connectivity index (χ3v) is 9.30. The lowest BCUT2D eigenvalue weighted by Crippen LogP contribution is -2.50. The van der Waals surface area contributed by atoms with Gasteiger partial charge in [-0.1, -0.05) is 0 Å². The molecule has 3 aromatic rings. The topological polar surface area (TPSA) is 106 Å². The number of benzene rings is 1. The standard InChI is InChI=1S/C26H30FN5O4S/c1-26(9-3-10-26)36-25(33)32-16-4-5-17(32)13-18(12-16)31-11-8-20-23(28-15-29-24(20)31)30-22-7-6-19(14-21(22)27)37(2,34)35/h6-8,11,14-18H,3-5,9-10,12-13H2,1-2H3,(H,28,29,30)/t16-,17?,18?/m0/s1. The number of halogens is 1. The molecule has 6 rings (SSSR count). The highest BCUT2D eigenvalue weighted by Gasteiger charge is 2.47. The van der Waals surface area contributed by atoms with Gasteiger partial charge in [-0.2, -0.15) is 0 Å². The van der Waals surface area contributed by atoms with Crippen LogP contribution in [0.3, 0.4) is 0 Å². The summed E-state index contributed by atoms with van der Waals surface area (Å²) in [7, 11) is -3.51. The van der Waals surface area contributed by atoms with Gasteiger partial charge in [0.25, 0.3) is 0 Å². The molecule has 2 bridgehead atoms. The van der Waals surface area contributed by atoms with E-state index in [2.05, 4.69) is 19.9 Å². The number of nitrogens with one attached hydrogen (secondary N) is 1. The SMILES string of the molecule is CC1(OC(=O)N2C3CC[C@H]2CC(n2ccc4c(Nc5ccc(S(C)(=O)=O)cc5F)ncnc42)C3)CCC1. The Morgan fingerprint density at radius 2 is 1.86 bits per heavy atom. The van der Waals surface area contributed by atoms with E-state index >= 15 is 0 Å². The number of anilines is 2. The predicted octanol–water partition coefficient (Wildman–Crippen LogP) is 4.96. The van der Waals surface area contributed by atoms with E-state index in [9.17, 15) is 17.6 Å². The first-order chi connectivity index (χ1) is 17.6. The van der Waals surface area contributed by atoms with Crippen molar-refractivity contribution < 1.29 is 22.3 Å². The smallest absolute Gasteiger partial charge is 0.410 e. The highest BCUT2D eigenvalue weighted by Crippen LogP contribution is 2.44. The van der Waals surface area contributed by atoms with Gasteiger partial charge in [-0.3, -0.25) is 0 Å². The number of aromatic nitrogens is 3. The third kappa shape index (κ3) is 4.32. The molecule has 1 amide bonds. The Morgan fingerprint density at radius 1 is 1.14 bits per heavy atom. The van der Waals surface area contributed by atoms with Crippen molar-refractivity contribution in [3.63, 3.8) is 0 Å². The molecule has 2 unspecified atom stereocenters. The minimum absolute atomic E-state index is 0.0822. The maximum Gasteiger partial charge on any atom is 0.410 e. The van der Waals surface area contributed by atoms with E-state index in [4.69, 9.17) is 4.74 Å². The molecule has 4 heterocycles. The van der Waals surface area contributed by atoms with Crippen LogP contribution in [0.5, 0.6) is 0 Å². The molecule has 2 aliphatic heterocycles. The van der Waals surface area contributed by atoms with Gasteiger partial charge in [0.1, 0.15) is 29.2 Å².